The van der Waals surface area contributed by atoms with Gasteiger partial charge in [-0.1, -0.05) is 99.1 Å². The van der Waals surface area contributed by atoms with Gasteiger partial charge in [0.15, 0.2) is 6.04 Å². The van der Waals surface area contributed by atoms with Crippen molar-refractivity contribution in [2.45, 2.75) is 71.2 Å². The lowest BCUT2D eigenvalue weighted by Crippen LogP contribution is -2.50. The summed E-state index contributed by atoms with van der Waals surface area (Å²) < 4.78 is 21.8. The van der Waals surface area contributed by atoms with Crippen LogP contribution >= 0.6 is 0 Å². The molecule has 0 unspecified atom stereocenters. The lowest BCUT2D eigenvalue weighted by Gasteiger charge is -2.25. The first kappa shape index (κ1) is 34.0. The zero-order valence-corrected chi connectivity index (χ0v) is 26.9. The smallest absolute Gasteiger partial charge is 0.408 e. The average Bonchev–Trinajstić information content (AvgIpc) is 3.36. The van der Waals surface area contributed by atoms with Crippen LogP contribution in [0.2, 0.25) is 0 Å². The molecule has 0 spiro atoms. The van der Waals surface area contributed by atoms with Crippen LogP contribution in [0.3, 0.4) is 0 Å². The largest absolute Gasteiger partial charge is 0.461 e. The first-order valence-electron chi connectivity index (χ1n) is 15.4. The molecule has 0 saturated carbocycles. The van der Waals surface area contributed by atoms with E-state index >= 15 is 0 Å². The summed E-state index contributed by atoms with van der Waals surface area (Å²) in [6.45, 7) is 8.21. The van der Waals surface area contributed by atoms with Gasteiger partial charge in [0, 0.05) is 5.92 Å². The van der Waals surface area contributed by atoms with Crippen LogP contribution in [-0.2, 0) is 35.1 Å². The molecule has 3 atom stereocenters. The van der Waals surface area contributed by atoms with E-state index in [1.807, 2.05) is 61.5 Å². The molecule has 1 aliphatic rings. The van der Waals surface area contributed by atoms with E-state index in [-0.39, 0.29) is 25.0 Å². The van der Waals surface area contributed by atoms with Crippen molar-refractivity contribution in [2.75, 3.05) is 13.2 Å². The first-order chi connectivity index (χ1) is 22.0. The third kappa shape index (κ3) is 9.09. The Morgan fingerprint density at radius 3 is 1.91 bits per heavy atom. The zero-order valence-electron chi connectivity index (χ0n) is 26.9. The molecule has 2 N–H and O–H groups in total. The molecular weight excluding hydrogens is 588 g/mol. The van der Waals surface area contributed by atoms with Crippen molar-refractivity contribution in [1.82, 2.24) is 10.6 Å². The zero-order chi connectivity index (χ0) is 33.3. The van der Waals surface area contributed by atoms with Gasteiger partial charge in [-0.25, -0.2) is 19.2 Å². The van der Waals surface area contributed by atoms with Gasteiger partial charge in [-0.3, -0.25) is 0 Å². The highest BCUT2D eigenvalue weighted by Crippen LogP contribution is 2.44. The van der Waals surface area contributed by atoms with Crippen molar-refractivity contribution in [3.8, 4) is 11.1 Å². The summed E-state index contributed by atoms with van der Waals surface area (Å²) in [5.41, 5.74) is 4.26. The second-order valence-corrected chi connectivity index (χ2v) is 12.3. The molecule has 0 aromatic heterocycles. The van der Waals surface area contributed by atoms with Gasteiger partial charge in [0.1, 0.15) is 31.5 Å². The summed E-state index contributed by atoms with van der Waals surface area (Å²) in [6, 6.07) is 22.6. The van der Waals surface area contributed by atoms with Gasteiger partial charge in [-0.15, -0.1) is 0 Å². The molecule has 4 rings (SSSR count). The number of alkyl carbamates (subject to hydrolysis) is 2. The Kier molecular flexibility index (Phi) is 11.4. The van der Waals surface area contributed by atoms with Gasteiger partial charge < -0.3 is 29.6 Å². The number of carbonyl (C=O) groups is 4. The SMILES string of the molecule is CC[C@H](C)[C@@H](NC(=O)OCC1c2ccccc2-c2ccccc21)C(=O)OC[C@H](NC(=O)OC(C)(C)C)C(=O)OCc1ccccc1. The second-order valence-electron chi connectivity index (χ2n) is 12.3. The van der Waals surface area contributed by atoms with Crippen LogP contribution in [0.15, 0.2) is 78.9 Å². The number of carbonyl (C=O) groups excluding carboxylic acids is 4. The standard InChI is InChI=1S/C36H42N2O8/c1-6-23(2)31(38-34(41)45-21-29-27-18-12-10-16-25(27)26-17-11-13-19-28(26)29)33(40)44-22-30(37-35(42)46-36(3,4)5)32(39)43-20-24-14-8-7-9-15-24/h7-19,23,29-31H,6,20-22H2,1-5H3,(H,37,42)(H,38,41)/t23-,30-,31+/m0/s1. The molecule has 46 heavy (non-hydrogen) atoms. The minimum Gasteiger partial charge on any atom is -0.461 e. The lowest BCUT2D eigenvalue weighted by molar-refractivity contribution is -0.154. The quantitative estimate of drug-likeness (QED) is 0.181. The molecule has 10 heteroatoms. The topological polar surface area (TPSA) is 129 Å². The maximum absolute atomic E-state index is 13.3. The Hall–Kier alpha value is -4.86. The fourth-order valence-corrected chi connectivity index (χ4v) is 5.14. The maximum Gasteiger partial charge on any atom is 0.408 e. The number of nitrogens with one attached hydrogen (secondary N) is 2. The van der Waals surface area contributed by atoms with Gasteiger partial charge in [0.2, 0.25) is 0 Å². The van der Waals surface area contributed by atoms with Crippen molar-refractivity contribution in [2.24, 2.45) is 5.92 Å². The molecule has 10 nitrogen and oxygen atoms in total. The number of ether oxygens (including phenoxy) is 4. The summed E-state index contributed by atoms with van der Waals surface area (Å²) in [6.07, 6.45) is -1.10. The molecule has 0 saturated heterocycles. The molecule has 0 radical (unpaired) electrons. The van der Waals surface area contributed by atoms with E-state index in [9.17, 15) is 19.2 Å². The van der Waals surface area contributed by atoms with E-state index in [0.29, 0.717) is 6.42 Å². The van der Waals surface area contributed by atoms with E-state index in [2.05, 4.69) is 10.6 Å². The van der Waals surface area contributed by atoms with Crippen molar-refractivity contribution in [3.63, 3.8) is 0 Å². The van der Waals surface area contributed by atoms with Crippen LogP contribution in [0.4, 0.5) is 9.59 Å². The number of esters is 2. The van der Waals surface area contributed by atoms with Crippen LogP contribution in [-0.4, -0.2) is 55.0 Å². The predicted molar refractivity (Wildman–Crippen MR) is 172 cm³/mol. The second kappa shape index (κ2) is 15.4. The highest BCUT2D eigenvalue weighted by atomic mass is 16.6. The molecule has 3 aromatic carbocycles. The van der Waals surface area contributed by atoms with E-state index in [1.54, 1.807) is 52.0 Å². The Morgan fingerprint density at radius 1 is 0.739 bits per heavy atom. The van der Waals surface area contributed by atoms with Crippen molar-refractivity contribution < 1.29 is 38.1 Å². The minimum atomic E-state index is -1.35. The highest BCUT2D eigenvalue weighted by molar-refractivity contribution is 5.84. The Labute approximate surface area is 269 Å². The number of rotatable bonds is 12. The third-order valence-corrected chi connectivity index (χ3v) is 7.68. The minimum absolute atomic E-state index is 0.0427. The van der Waals surface area contributed by atoms with Crippen molar-refractivity contribution in [3.05, 3.63) is 95.6 Å². The lowest BCUT2D eigenvalue weighted by atomic mass is 9.98. The molecule has 0 bridgehead atoms. The van der Waals surface area contributed by atoms with E-state index < -0.39 is 48.4 Å². The van der Waals surface area contributed by atoms with Crippen LogP contribution in [0, 0.1) is 5.92 Å². The van der Waals surface area contributed by atoms with E-state index in [4.69, 9.17) is 18.9 Å². The van der Waals surface area contributed by atoms with Gasteiger partial charge >= 0.3 is 24.1 Å². The van der Waals surface area contributed by atoms with Crippen LogP contribution < -0.4 is 10.6 Å². The number of fused-ring (bicyclic) bond motifs is 3. The average molecular weight is 631 g/mol. The van der Waals surface area contributed by atoms with Gasteiger partial charge in [-0.2, -0.15) is 0 Å². The molecule has 0 fully saturated rings. The summed E-state index contributed by atoms with van der Waals surface area (Å²) in [7, 11) is 0. The monoisotopic (exact) mass is 630 g/mol. The normalized spacial score (nSPS) is 14.1. The van der Waals surface area contributed by atoms with Gasteiger partial charge in [-0.05, 0) is 54.5 Å². The van der Waals surface area contributed by atoms with Crippen molar-refractivity contribution >= 4 is 24.1 Å². The van der Waals surface area contributed by atoms with E-state index in [0.717, 1.165) is 27.8 Å². The number of amides is 2. The molecule has 3 aromatic rings. The summed E-state index contributed by atoms with van der Waals surface area (Å²) >= 11 is 0. The highest BCUT2D eigenvalue weighted by Gasteiger charge is 2.33. The van der Waals surface area contributed by atoms with Crippen LogP contribution in [0.25, 0.3) is 11.1 Å². The number of benzene rings is 3. The maximum atomic E-state index is 13.3. The Balaban J connectivity index is 1.39. The van der Waals surface area contributed by atoms with E-state index in [1.165, 1.54) is 0 Å². The number of hydrogen-bond acceptors (Lipinski definition) is 8. The summed E-state index contributed by atoms with van der Waals surface area (Å²) in [4.78, 5) is 51.8. The molecule has 1 aliphatic carbocycles. The summed E-state index contributed by atoms with van der Waals surface area (Å²) in [5.74, 6) is -2.06. The molecular formula is C36H42N2O8. The van der Waals surface area contributed by atoms with Gasteiger partial charge in [0.25, 0.3) is 0 Å². The van der Waals surface area contributed by atoms with Gasteiger partial charge in [0.05, 0.1) is 0 Å². The molecule has 244 valence electrons. The Morgan fingerprint density at radius 2 is 1.33 bits per heavy atom. The molecule has 0 aliphatic heterocycles. The first-order valence-corrected chi connectivity index (χ1v) is 15.4. The number of hydrogen-bond donors (Lipinski definition) is 2. The predicted octanol–water partition coefficient (Wildman–Crippen LogP) is 6.12. The molecule has 2 amide bonds. The fraction of sp³-hybridized carbons (Fsp3) is 0.389. The van der Waals surface area contributed by atoms with Crippen LogP contribution in [0.5, 0.6) is 0 Å². The third-order valence-electron chi connectivity index (χ3n) is 7.68. The van der Waals surface area contributed by atoms with Crippen molar-refractivity contribution in [1.29, 1.82) is 0 Å². The molecule has 0 heterocycles. The fourth-order valence-electron chi connectivity index (χ4n) is 5.14. The summed E-state index contributed by atoms with van der Waals surface area (Å²) in [5, 5.41) is 5.08. The van der Waals surface area contributed by atoms with Crippen LogP contribution in [0.1, 0.15) is 63.6 Å². The Bertz CT molecular complexity index is 1470.